The lowest BCUT2D eigenvalue weighted by molar-refractivity contribution is -0.0845. The van der Waals surface area contributed by atoms with Gasteiger partial charge in [0.15, 0.2) is 0 Å². The third kappa shape index (κ3) is 1.41. The van der Waals surface area contributed by atoms with Gasteiger partial charge in [0.1, 0.15) is 0 Å². The summed E-state index contributed by atoms with van der Waals surface area (Å²) in [4.78, 5) is 0. The van der Waals surface area contributed by atoms with Crippen LogP contribution in [0.1, 0.15) is 0 Å². The van der Waals surface area contributed by atoms with Gasteiger partial charge in [-0.2, -0.15) is 0 Å². The van der Waals surface area contributed by atoms with E-state index in [0.29, 0.717) is 12.5 Å². The molecule has 1 aliphatic heterocycles. The molecule has 0 bridgehead atoms. The highest BCUT2D eigenvalue weighted by Gasteiger charge is 2.26. The van der Waals surface area contributed by atoms with E-state index in [1.54, 1.807) is 0 Å². The molecule has 0 aromatic rings. The molecule has 0 saturated carbocycles. The minimum atomic E-state index is 0.338. The van der Waals surface area contributed by atoms with Gasteiger partial charge in [-0.25, -0.2) is 10.0 Å². The van der Waals surface area contributed by atoms with Crippen molar-refractivity contribution in [1.29, 1.82) is 0 Å². The van der Waals surface area contributed by atoms with Gasteiger partial charge in [0.25, 0.3) is 0 Å². The summed E-state index contributed by atoms with van der Waals surface area (Å²) in [6.45, 7) is 2.37. The SMILES string of the molecule is CN(C)N1CC(CO)C1. The quantitative estimate of drug-likeness (QED) is 0.540. The van der Waals surface area contributed by atoms with E-state index in [1.165, 1.54) is 0 Å². The van der Waals surface area contributed by atoms with Crippen LogP contribution in [0.3, 0.4) is 0 Å². The Kier molecular flexibility index (Phi) is 2.05. The van der Waals surface area contributed by atoms with Gasteiger partial charge in [-0.15, -0.1) is 0 Å². The number of hydrogen-bond donors (Lipinski definition) is 1. The van der Waals surface area contributed by atoms with Crippen molar-refractivity contribution in [3.8, 4) is 0 Å². The molecule has 3 heteroatoms. The minimum Gasteiger partial charge on any atom is -0.396 e. The molecule has 1 heterocycles. The summed E-state index contributed by atoms with van der Waals surface area (Å²) in [5.74, 6) is 0.521. The predicted octanol–water partition coefficient (Wildman–Crippen LogP) is -0.613. The van der Waals surface area contributed by atoms with Crippen LogP contribution in [0, 0.1) is 5.92 Å². The lowest BCUT2D eigenvalue weighted by Gasteiger charge is -2.42. The van der Waals surface area contributed by atoms with Crippen LogP contribution in [0.5, 0.6) is 0 Å². The monoisotopic (exact) mass is 130 g/mol. The molecule has 1 N–H and O–H groups in total. The molecule has 0 spiro atoms. The largest absolute Gasteiger partial charge is 0.396 e. The van der Waals surface area contributed by atoms with Gasteiger partial charge >= 0.3 is 0 Å². The van der Waals surface area contributed by atoms with Crippen LogP contribution in [-0.4, -0.2) is 48.9 Å². The Labute approximate surface area is 55.8 Å². The average molecular weight is 130 g/mol. The van der Waals surface area contributed by atoms with Gasteiger partial charge in [-0.05, 0) is 0 Å². The van der Waals surface area contributed by atoms with E-state index in [9.17, 15) is 0 Å². The number of aliphatic hydroxyl groups is 1. The van der Waals surface area contributed by atoms with E-state index in [0.717, 1.165) is 13.1 Å². The van der Waals surface area contributed by atoms with E-state index < -0.39 is 0 Å². The summed E-state index contributed by atoms with van der Waals surface area (Å²) in [6, 6.07) is 0. The van der Waals surface area contributed by atoms with Crippen molar-refractivity contribution < 1.29 is 5.11 Å². The zero-order valence-corrected chi connectivity index (χ0v) is 6.04. The van der Waals surface area contributed by atoms with Crippen LogP contribution >= 0.6 is 0 Å². The van der Waals surface area contributed by atoms with E-state index in [4.69, 9.17) is 5.11 Å². The van der Waals surface area contributed by atoms with Crippen molar-refractivity contribution in [2.24, 2.45) is 5.92 Å². The summed E-state index contributed by atoms with van der Waals surface area (Å²) in [7, 11) is 4.04. The minimum absolute atomic E-state index is 0.338. The molecule has 0 aromatic carbocycles. The summed E-state index contributed by atoms with van der Waals surface area (Å²) >= 11 is 0. The Morgan fingerprint density at radius 3 is 2.44 bits per heavy atom. The highest BCUT2D eigenvalue weighted by molar-refractivity contribution is 4.75. The summed E-state index contributed by atoms with van der Waals surface area (Å²) in [6.07, 6.45) is 0. The smallest absolute Gasteiger partial charge is 0.0484 e. The number of nitrogens with zero attached hydrogens (tertiary/aromatic N) is 2. The maximum atomic E-state index is 8.64. The van der Waals surface area contributed by atoms with Gasteiger partial charge in [0.2, 0.25) is 0 Å². The second-order valence-electron chi connectivity index (χ2n) is 2.77. The Morgan fingerprint density at radius 1 is 1.56 bits per heavy atom. The van der Waals surface area contributed by atoms with Crippen LogP contribution in [0.25, 0.3) is 0 Å². The van der Waals surface area contributed by atoms with E-state index in [-0.39, 0.29) is 0 Å². The zero-order valence-electron chi connectivity index (χ0n) is 6.04. The topological polar surface area (TPSA) is 26.7 Å². The second kappa shape index (κ2) is 2.64. The molecule has 1 saturated heterocycles. The Bertz CT molecular complexity index is 89.1. The first kappa shape index (κ1) is 6.99. The fourth-order valence-electron chi connectivity index (χ4n) is 0.985. The molecule has 3 nitrogen and oxygen atoms in total. The normalized spacial score (nSPS) is 22.7. The maximum Gasteiger partial charge on any atom is 0.0484 e. The van der Waals surface area contributed by atoms with Crippen LogP contribution < -0.4 is 0 Å². The molecule has 0 aromatic heterocycles. The molecular weight excluding hydrogens is 116 g/mol. The molecule has 9 heavy (non-hydrogen) atoms. The molecule has 1 aliphatic rings. The third-order valence-electron chi connectivity index (χ3n) is 1.76. The fraction of sp³-hybridized carbons (Fsp3) is 1.00. The Hall–Kier alpha value is -0.120. The standard InChI is InChI=1S/C6H14N2O/c1-7(2)8-3-6(4-8)5-9/h6,9H,3-5H2,1-2H3. The Morgan fingerprint density at radius 2 is 2.11 bits per heavy atom. The second-order valence-corrected chi connectivity index (χ2v) is 2.77. The summed E-state index contributed by atoms with van der Waals surface area (Å²) in [5, 5.41) is 12.9. The van der Waals surface area contributed by atoms with Crippen molar-refractivity contribution in [3.63, 3.8) is 0 Å². The van der Waals surface area contributed by atoms with Gasteiger partial charge < -0.3 is 5.11 Å². The molecule has 0 amide bonds. The van der Waals surface area contributed by atoms with Crippen LogP contribution in [0.15, 0.2) is 0 Å². The lowest BCUT2D eigenvalue weighted by Crippen LogP contribution is -2.54. The first-order chi connectivity index (χ1) is 4.24. The summed E-state index contributed by atoms with van der Waals surface area (Å²) in [5.41, 5.74) is 0. The van der Waals surface area contributed by atoms with Crippen molar-refractivity contribution in [3.05, 3.63) is 0 Å². The Balaban J connectivity index is 2.12. The van der Waals surface area contributed by atoms with Crippen molar-refractivity contribution in [1.82, 2.24) is 10.0 Å². The first-order valence-electron chi connectivity index (χ1n) is 3.27. The zero-order chi connectivity index (χ0) is 6.85. The van der Waals surface area contributed by atoms with Gasteiger partial charge in [-0.1, -0.05) is 0 Å². The highest BCUT2D eigenvalue weighted by Crippen LogP contribution is 2.14. The van der Waals surface area contributed by atoms with Crippen molar-refractivity contribution in [2.45, 2.75) is 0 Å². The molecular formula is C6H14N2O. The molecule has 1 rings (SSSR count). The predicted molar refractivity (Wildman–Crippen MR) is 35.8 cm³/mol. The molecule has 0 radical (unpaired) electrons. The number of hydrazine groups is 1. The fourth-order valence-corrected chi connectivity index (χ4v) is 0.985. The molecule has 1 fully saturated rings. The van der Waals surface area contributed by atoms with Crippen LogP contribution in [-0.2, 0) is 0 Å². The highest BCUT2D eigenvalue weighted by atomic mass is 16.3. The molecule has 0 unspecified atom stereocenters. The number of aliphatic hydroxyl groups excluding tert-OH is 1. The van der Waals surface area contributed by atoms with Gasteiger partial charge in [-0.3, -0.25) is 0 Å². The van der Waals surface area contributed by atoms with Crippen LogP contribution in [0.2, 0.25) is 0 Å². The van der Waals surface area contributed by atoms with E-state index >= 15 is 0 Å². The summed E-state index contributed by atoms with van der Waals surface area (Å²) < 4.78 is 0. The van der Waals surface area contributed by atoms with Crippen molar-refractivity contribution >= 4 is 0 Å². The first-order valence-corrected chi connectivity index (χ1v) is 3.27. The van der Waals surface area contributed by atoms with Crippen molar-refractivity contribution in [2.75, 3.05) is 33.8 Å². The molecule has 0 aliphatic carbocycles. The average Bonchev–Trinajstić information content (AvgIpc) is 1.61. The number of rotatable bonds is 2. The van der Waals surface area contributed by atoms with Gasteiger partial charge in [0, 0.05) is 39.7 Å². The van der Waals surface area contributed by atoms with E-state index in [1.807, 2.05) is 14.1 Å². The number of hydrogen-bond acceptors (Lipinski definition) is 3. The maximum absolute atomic E-state index is 8.64. The molecule has 0 atom stereocenters. The molecule has 54 valence electrons. The van der Waals surface area contributed by atoms with Gasteiger partial charge in [0.05, 0.1) is 0 Å². The van der Waals surface area contributed by atoms with E-state index in [2.05, 4.69) is 10.0 Å². The van der Waals surface area contributed by atoms with Crippen LogP contribution in [0.4, 0.5) is 0 Å². The lowest BCUT2D eigenvalue weighted by atomic mass is 10.0. The third-order valence-corrected chi connectivity index (χ3v) is 1.76.